The number of nitrogens with one attached hydrogen (secondary N) is 2. The van der Waals surface area contributed by atoms with Gasteiger partial charge in [0, 0.05) is 42.5 Å². The summed E-state index contributed by atoms with van der Waals surface area (Å²) in [5, 5.41) is 2.80. The van der Waals surface area contributed by atoms with E-state index in [4.69, 9.17) is 9.47 Å². The molecule has 0 unspecified atom stereocenters. The summed E-state index contributed by atoms with van der Waals surface area (Å²) in [4.78, 5) is 41.6. The van der Waals surface area contributed by atoms with Crippen molar-refractivity contribution in [1.29, 1.82) is 0 Å². The van der Waals surface area contributed by atoms with Crippen LogP contribution in [0.25, 0.3) is 0 Å². The third kappa shape index (κ3) is 3.83. The van der Waals surface area contributed by atoms with E-state index in [0.29, 0.717) is 36.0 Å². The highest BCUT2D eigenvalue weighted by molar-refractivity contribution is 6.00. The zero-order chi connectivity index (χ0) is 20.5. The van der Waals surface area contributed by atoms with Gasteiger partial charge in [-0.15, -0.1) is 0 Å². The zero-order valence-electron chi connectivity index (χ0n) is 16.4. The highest BCUT2D eigenvalue weighted by atomic mass is 16.6. The third-order valence-corrected chi connectivity index (χ3v) is 5.27. The van der Waals surface area contributed by atoms with Gasteiger partial charge in [0.2, 0.25) is 11.8 Å². The second-order valence-electron chi connectivity index (χ2n) is 7.39. The molecule has 2 N–H and O–H groups in total. The number of rotatable bonds is 4. The molecule has 0 bridgehead atoms. The molecule has 0 aliphatic carbocycles. The van der Waals surface area contributed by atoms with E-state index in [0.717, 1.165) is 11.3 Å². The Morgan fingerprint density at radius 3 is 2.69 bits per heavy atom. The number of hydrogen-bond acceptors (Lipinski definition) is 5. The Morgan fingerprint density at radius 2 is 1.93 bits per heavy atom. The van der Waals surface area contributed by atoms with E-state index in [1.807, 2.05) is 19.9 Å². The van der Waals surface area contributed by atoms with Crippen LogP contribution in [0.2, 0.25) is 0 Å². The van der Waals surface area contributed by atoms with Crippen LogP contribution >= 0.6 is 0 Å². The van der Waals surface area contributed by atoms with Crippen molar-refractivity contribution in [2.24, 2.45) is 5.92 Å². The largest absolute Gasteiger partial charge is 0.486 e. The van der Waals surface area contributed by atoms with Crippen LogP contribution in [0.4, 0.5) is 5.69 Å². The topological polar surface area (TPSA) is 101 Å². The van der Waals surface area contributed by atoms with Crippen LogP contribution in [0.1, 0.15) is 23.2 Å². The molecule has 1 saturated heterocycles. The highest BCUT2D eigenvalue weighted by Gasteiger charge is 2.35. The summed E-state index contributed by atoms with van der Waals surface area (Å²) in [6.45, 7) is 5.04. The van der Waals surface area contributed by atoms with Gasteiger partial charge in [0.15, 0.2) is 11.5 Å². The lowest BCUT2D eigenvalue weighted by atomic mass is 10.1. The molecule has 1 aromatic heterocycles. The summed E-state index contributed by atoms with van der Waals surface area (Å²) < 4.78 is 11.1. The zero-order valence-corrected chi connectivity index (χ0v) is 16.4. The number of ether oxygens (including phenoxy) is 2. The Balaban J connectivity index is 1.43. The van der Waals surface area contributed by atoms with Crippen molar-refractivity contribution in [2.75, 3.05) is 24.7 Å². The van der Waals surface area contributed by atoms with Crippen LogP contribution in [-0.2, 0) is 16.1 Å². The monoisotopic (exact) mass is 397 g/mol. The predicted molar refractivity (Wildman–Crippen MR) is 106 cm³/mol. The third-order valence-electron chi connectivity index (χ3n) is 5.27. The smallest absolute Gasteiger partial charge is 0.253 e. The van der Waals surface area contributed by atoms with Crippen molar-refractivity contribution in [2.45, 2.75) is 26.8 Å². The van der Waals surface area contributed by atoms with Crippen LogP contribution in [0.15, 0.2) is 29.1 Å². The quantitative estimate of drug-likeness (QED) is 0.813. The van der Waals surface area contributed by atoms with Gasteiger partial charge < -0.3 is 24.7 Å². The Bertz CT molecular complexity index is 1030. The molecule has 8 heteroatoms. The molecule has 1 fully saturated rings. The molecular weight excluding hydrogens is 374 g/mol. The van der Waals surface area contributed by atoms with Crippen molar-refractivity contribution < 1.29 is 19.1 Å². The molecule has 4 rings (SSSR count). The lowest BCUT2D eigenvalue weighted by Gasteiger charge is -2.22. The number of pyridine rings is 1. The van der Waals surface area contributed by atoms with Crippen LogP contribution in [0.3, 0.4) is 0 Å². The summed E-state index contributed by atoms with van der Waals surface area (Å²) in [5.41, 5.74) is 2.60. The molecule has 152 valence electrons. The molecule has 0 spiro atoms. The Labute approximate surface area is 167 Å². The van der Waals surface area contributed by atoms with E-state index in [1.54, 1.807) is 23.1 Å². The second-order valence-corrected chi connectivity index (χ2v) is 7.39. The Kier molecular flexibility index (Phi) is 5.00. The average molecular weight is 397 g/mol. The first-order chi connectivity index (χ1) is 13.9. The Hall–Kier alpha value is -3.29. The summed E-state index contributed by atoms with van der Waals surface area (Å²) in [6, 6.07) is 7.20. The number of nitrogens with zero attached hydrogens (tertiary/aromatic N) is 1. The number of fused-ring (bicyclic) bond motifs is 1. The summed E-state index contributed by atoms with van der Waals surface area (Å²) >= 11 is 0. The van der Waals surface area contributed by atoms with Gasteiger partial charge in [-0.3, -0.25) is 14.4 Å². The first-order valence-electron chi connectivity index (χ1n) is 9.59. The maximum atomic E-state index is 12.6. The number of hydrogen-bond donors (Lipinski definition) is 2. The Morgan fingerprint density at radius 1 is 1.17 bits per heavy atom. The van der Waals surface area contributed by atoms with Crippen LogP contribution < -0.4 is 25.2 Å². The molecule has 1 aromatic carbocycles. The number of aryl methyl sites for hydroxylation is 2. The number of aromatic nitrogens is 1. The van der Waals surface area contributed by atoms with Crippen molar-refractivity contribution in [3.8, 4) is 11.5 Å². The van der Waals surface area contributed by atoms with E-state index in [2.05, 4.69) is 10.3 Å². The van der Waals surface area contributed by atoms with E-state index >= 15 is 0 Å². The molecule has 29 heavy (non-hydrogen) atoms. The standard InChI is InChI=1S/C21H23N3O5/c1-12-7-13(2)23-21(27)16(12)10-22-20(26)14-8-19(25)24(11-14)15-3-4-17-18(9-15)29-6-5-28-17/h3-4,7,9,14H,5-6,8,10-11H2,1-2H3,(H,22,26)(H,23,27)/t14-/m1/s1. The summed E-state index contributed by atoms with van der Waals surface area (Å²) in [5.74, 6) is 0.424. The lowest BCUT2D eigenvalue weighted by Crippen LogP contribution is -2.34. The van der Waals surface area contributed by atoms with Gasteiger partial charge in [-0.2, -0.15) is 0 Å². The van der Waals surface area contributed by atoms with Crippen molar-refractivity contribution in [3.05, 3.63) is 51.4 Å². The molecule has 2 aromatic rings. The number of carbonyl (C=O) groups is 2. The van der Waals surface area contributed by atoms with Crippen LogP contribution in [0, 0.1) is 19.8 Å². The molecule has 2 aliphatic rings. The molecule has 2 aliphatic heterocycles. The molecule has 1 atom stereocenters. The first-order valence-corrected chi connectivity index (χ1v) is 9.59. The van der Waals surface area contributed by atoms with Gasteiger partial charge in [-0.05, 0) is 37.6 Å². The fraction of sp³-hybridized carbons (Fsp3) is 0.381. The number of benzene rings is 1. The van der Waals surface area contributed by atoms with E-state index in [9.17, 15) is 14.4 Å². The van der Waals surface area contributed by atoms with Gasteiger partial charge >= 0.3 is 0 Å². The number of carbonyl (C=O) groups excluding carboxylic acids is 2. The molecule has 2 amide bonds. The van der Waals surface area contributed by atoms with Crippen molar-refractivity contribution in [3.63, 3.8) is 0 Å². The molecule has 0 radical (unpaired) electrons. The van der Waals surface area contributed by atoms with E-state index in [1.165, 1.54) is 0 Å². The molecular formula is C21H23N3O5. The van der Waals surface area contributed by atoms with Crippen molar-refractivity contribution in [1.82, 2.24) is 10.3 Å². The fourth-order valence-electron chi connectivity index (χ4n) is 3.75. The highest BCUT2D eigenvalue weighted by Crippen LogP contribution is 2.35. The lowest BCUT2D eigenvalue weighted by molar-refractivity contribution is -0.126. The average Bonchev–Trinajstić information content (AvgIpc) is 3.08. The SMILES string of the molecule is Cc1cc(C)c(CNC(=O)[C@@H]2CC(=O)N(c3ccc4c(c3)OCCO4)C2)c(=O)[nH]1. The normalized spacial score (nSPS) is 18.1. The maximum absolute atomic E-state index is 12.6. The van der Waals surface area contributed by atoms with Gasteiger partial charge in [-0.1, -0.05) is 0 Å². The summed E-state index contributed by atoms with van der Waals surface area (Å²) in [6.07, 6.45) is 0.128. The van der Waals surface area contributed by atoms with E-state index in [-0.39, 0.29) is 36.9 Å². The molecule has 8 nitrogen and oxygen atoms in total. The van der Waals surface area contributed by atoms with Gasteiger partial charge in [0.05, 0.1) is 5.92 Å². The predicted octanol–water partition coefficient (Wildman–Crippen LogP) is 1.43. The number of anilines is 1. The first kappa shape index (κ1) is 19.0. The summed E-state index contributed by atoms with van der Waals surface area (Å²) in [7, 11) is 0. The number of aromatic amines is 1. The van der Waals surface area contributed by atoms with Gasteiger partial charge in [0.25, 0.3) is 5.56 Å². The van der Waals surface area contributed by atoms with Gasteiger partial charge in [0.1, 0.15) is 13.2 Å². The molecule has 0 saturated carbocycles. The van der Waals surface area contributed by atoms with Crippen LogP contribution in [-0.4, -0.2) is 36.6 Å². The van der Waals surface area contributed by atoms with Crippen molar-refractivity contribution >= 4 is 17.5 Å². The van der Waals surface area contributed by atoms with Crippen LogP contribution in [0.5, 0.6) is 11.5 Å². The maximum Gasteiger partial charge on any atom is 0.253 e. The van der Waals surface area contributed by atoms with E-state index < -0.39 is 5.92 Å². The number of H-pyrrole nitrogens is 1. The minimum absolute atomic E-state index is 0.119. The second kappa shape index (κ2) is 7.62. The fourth-order valence-corrected chi connectivity index (χ4v) is 3.75. The minimum atomic E-state index is -0.472. The molecule has 3 heterocycles. The minimum Gasteiger partial charge on any atom is -0.486 e. The number of amides is 2. The van der Waals surface area contributed by atoms with Gasteiger partial charge in [-0.25, -0.2) is 0 Å².